The van der Waals surface area contributed by atoms with Gasteiger partial charge >= 0.3 is 5.97 Å². The molecule has 0 aliphatic heterocycles. The molecule has 0 bridgehead atoms. The van der Waals surface area contributed by atoms with Crippen LogP contribution in [0.15, 0.2) is 22.7 Å². The van der Waals surface area contributed by atoms with Crippen molar-refractivity contribution in [1.29, 1.82) is 5.26 Å². The summed E-state index contributed by atoms with van der Waals surface area (Å²) < 4.78 is 5.18. The SMILES string of the molecule is COC(=O)c1ccc(Br)c(C#N)c1. The molecule has 0 saturated heterocycles. The zero-order valence-corrected chi connectivity index (χ0v) is 8.46. The number of rotatable bonds is 1. The van der Waals surface area contributed by atoms with E-state index in [4.69, 9.17) is 5.26 Å². The van der Waals surface area contributed by atoms with E-state index in [0.717, 1.165) is 0 Å². The lowest BCUT2D eigenvalue weighted by Gasteiger charge is -2.00. The third kappa shape index (κ3) is 2.07. The van der Waals surface area contributed by atoms with Crippen LogP contribution in [0.25, 0.3) is 0 Å². The third-order valence-corrected chi connectivity index (χ3v) is 2.20. The summed E-state index contributed by atoms with van der Waals surface area (Å²) in [4.78, 5) is 11.0. The van der Waals surface area contributed by atoms with Gasteiger partial charge in [0, 0.05) is 4.47 Å². The Morgan fingerprint density at radius 2 is 2.31 bits per heavy atom. The molecule has 0 spiro atoms. The first-order valence-electron chi connectivity index (χ1n) is 3.47. The molecule has 0 saturated carbocycles. The summed E-state index contributed by atoms with van der Waals surface area (Å²) >= 11 is 3.19. The molecule has 0 heterocycles. The Morgan fingerprint density at radius 3 is 2.85 bits per heavy atom. The minimum Gasteiger partial charge on any atom is -0.465 e. The van der Waals surface area contributed by atoms with Crippen molar-refractivity contribution in [3.63, 3.8) is 0 Å². The second kappa shape index (κ2) is 4.06. The number of hydrogen-bond donors (Lipinski definition) is 0. The summed E-state index contributed by atoms with van der Waals surface area (Å²) in [6.07, 6.45) is 0. The summed E-state index contributed by atoms with van der Waals surface area (Å²) in [5.41, 5.74) is 0.796. The van der Waals surface area contributed by atoms with E-state index in [1.165, 1.54) is 13.2 Å². The van der Waals surface area contributed by atoms with Gasteiger partial charge in [-0.2, -0.15) is 5.26 Å². The van der Waals surface area contributed by atoms with Gasteiger partial charge in [-0.1, -0.05) is 0 Å². The summed E-state index contributed by atoms with van der Waals surface area (Å²) in [5.74, 6) is -0.441. The Hall–Kier alpha value is -1.34. The smallest absolute Gasteiger partial charge is 0.337 e. The molecule has 13 heavy (non-hydrogen) atoms. The molecule has 4 heteroatoms. The van der Waals surface area contributed by atoms with Gasteiger partial charge in [0.2, 0.25) is 0 Å². The largest absolute Gasteiger partial charge is 0.465 e. The van der Waals surface area contributed by atoms with Crippen LogP contribution >= 0.6 is 15.9 Å². The summed E-state index contributed by atoms with van der Waals surface area (Å²) in [7, 11) is 1.30. The van der Waals surface area contributed by atoms with Gasteiger partial charge in [-0.3, -0.25) is 0 Å². The standard InChI is InChI=1S/C9H6BrNO2/c1-13-9(12)6-2-3-8(10)7(4-6)5-11/h2-4H,1H3. The van der Waals surface area contributed by atoms with E-state index in [1.807, 2.05) is 6.07 Å². The van der Waals surface area contributed by atoms with Crippen LogP contribution in [0.5, 0.6) is 0 Å². The van der Waals surface area contributed by atoms with Gasteiger partial charge in [0.1, 0.15) is 6.07 Å². The van der Waals surface area contributed by atoms with Crippen molar-refractivity contribution in [2.75, 3.05) is 7.11 Å². The fraction of sp³-hybridized carbons (Fsp3) is 0.111. The Morgan fingerprint density at radius 1 is 1.62 bits per heavy atom. The van der Waals surface area contributed by atoms with Crippen molar-refractivity contribution in [3.8, 4) is 6.07 Å². The van der Waals surface area contributed by atoms with Gasteiger partial charge in [-0.15, -0.1) is 0 Å². The second-order valence-corrected chi connectivity index (χ2v) is 3.15. The maximum absolute atomic E-state index is 11.0. The minimum atomic E-state index is -0.441. The quantitative estimate of drug-likeness (QED) is 0.706. The Labute approximate surface area is 84.1 Å². The minimum absolute atomic E-state index is 0.377. The number of carbonyl (C=O) groups excluding carboxylic acids is 1. The molecule has 1 rings (SSSR count). The molecule has 0 N–H and O–H groups in total. The Bertz CT molecular complexity index is 382. The maximum atomic E-state index is 11.0. The highest BCUT2D eigenvalue weighted by Gasteiger charge is 2.07. The predicted molar refractivity (Wildman–Crippen MR) is 50.2 cm³/mol. The number of carbonyl (C=O) groups is 1. The van der Waals surface area contributed by atoms with E-state index in [-0.39, 0.29) is 0 Å². The molecule has 3 nitrogen and oxygen atoms in total. The van der Waals surface area contributed by atoms with Crippen LogP contribution in [0.4, 0.5) is 0 Å². The number of esters is 1. The first-order valence-corrected chi connectivity index (χ1v) is 4.26. The molecule has 0 fully saturated rings. The number of nitrogens with zero attached hydrogens (tertiary/aromatic N) is 1. The molecule has 0 atom stereocenters. The topological polar surface area (TPSA) is 50.1 Å². The molecule has 0 aromatic heterocycles. The van der Waals surface area contributed by atoms with Crippen molar-refractivity contribution >= 4 is 21.9 Å². The lowest BCUT2D eigenvalue weighted by atomic mass is 10.1. The number of hydrogen-bond acceptors (Lipinski definition) is 3. The first-order chi connectivity index (χ1) is 6.19. The summed E-state index contributed by atoms with van der Waals surface area (Å²) in [6, 6.07) is 6.68. The summed E-state index contributed by atoms with van der Waals surface area (Å²) in [5, 5.41) is 8.67. The molecule has 66 valence electrons. The average Bonchev–Trinajstić information content (AvgIpc) is 2.17. The zero-order valence-electron chi connectivity index (χ0n) is 6.87. The number of benzene rings is 1. The van der Waals surface area contributed by atoms with Crippen LogP contribution in [0, 0.1) is 11.3 Å². The molecular weight excluding hydrogens is 234 g/mol. The number of nitriles is 1. The van der Waals surface area contributed by atoms with Crippen molar-refractivity contribution in [2.24, 2.45) is 0 Å². The second-order valence-electron chi connectivity index (χ2n) is 2.30. The fourth-order valence-electron chi connectivity index (χ4n) is 0.856. The van der Waals surface area contributed by atoms with Gasteiger partial charge in [0.15, 0.2) is 0 Å². The highest BCUT2D eigenvalue weighted by Crippen LogP contribution is 2.17. The van der Waals surface area contributed by atoms with Crippen molar-refractivity contribution < 1.29 is 9.53 Å². The average molecular weight is 240 g/mol. The van der Waals surface area contributed by atoms with Crippen LogP contribution in [0.2, 0.25) is 0 Å². The number of methoxy groups -OCH3 is 1. The van der Waals surface area contributed by atoms with Crippen LogP contribution in [-0.4, -0.2) is 13.1 Å². The van der Waals surface area contributed by atoms with E-state index < -0.39 is 5.97 Å². The normalized spacial score (nSPS) is 9.00. The zero-order chi connectivity index (χ0) is 9.84. The van der Waals surface area contributed by atoms with E-state index in [2.05, 4.69) is 20.7 Å². The Balaban J connectivity index is 3.15. The fourth-order valence-corrected chi connectivity index (χ4v) is 1.19. The first kappa shape index (κ1) is 9.75. The van der Waals surface area contributed by atoms with Crippen LogP contribution in [0.3, 0.4) is 0 Å². The number of halogens is 1. The molecule has 0 amide bonds. The highest BCUT2D eigenvalue weighted by molar-refractivity contribution is 9.10. The van der Waals surface area contributed by atoms with E-state index in [9.17, 15) is 4.79 Å². The van der Waals surface area contributed by atoms with Crippen LogP contribution in [-0.2, 0) is 4.74 Å². The predicted octanol–water partition coefficient (Wildman–Crippen LogP) is 2.11. The molecule has 0 radical (unpaired) electrons. The monoisotopic (exact) mass is 239 g/mol. The summed E-state index contributed by atoms with van der Waals surface area (Å²) in [6.45, 7) is 0. The molecule has 0 aliphatic rings. The van der Waals surface area contributed by atoms with E-state index >= 15 is 0 Å². The van der Waals surface area contributed by atoms with Gasteiger partial charge in [-0.25, -0.2) is 4.79 Å². The van der Waals surface area contributed by atoms with Gasteiger partial charge in [0.25, 0.3) is 0 Å². The maximum Gasteiger partial charge on any atom is 0.337 e. The Kier molecular flexibility index (Phi) is 3.04. The van der Waals surface area contributed by atoms with E-state index in [1.54, 1.807) is 12.1 Å². The molecule has 1 aromatic rings. The van der Waals surface area contributed by atoms with Gasteiger partial charge in [-0.05, 0) is 34.1 Å². The van der Waals surface area contributed by atoms with Crippen molar-refractivity contribution in [1.82, 2.24) is 0 Å². The van der Waals surface area contributed by atoms with Crippen molar-refractivity contribution in [2.45, 2.75) is 0 Å². The van der Waals surface area contributed by atoms with Crippen molar-refractivity contribution in [3.05, 3.63) is 33.8 Å². The van der Waals surface area contributed by atoms with Gasteiger partial charge in [0.05, 0.1) is 18.2 Å². The molecular formula is C9H6BrNO2. The number of ether oxygens (including phenoxy) is 1. The lowest BCUT2D eigenvalue weighted by Crippen LogP contribution is -2.01. The molecule has 0 aliphatic carbocycles. The highest BCUT2D eigenvalue weighted by atomic mass is 79.9. The lowest BCUT2D eigenvalue weighted by molar-refractivity contribution is 0.0600. The third-order valence-electron chi connectivity index (χ3n) is 1.51. The molecule has 1 aromatic carbocycles. The van der Waals surface area contributed by atoms with Gasteiger partial charge < -0.3 is 4.74 Å². The van der Waals surface area contributed by atoms with E-state index in [0.29, 0.717) is 15.6 Å². The van der Waals surface area contributed by atoms with Crippen LogP contribution in [0.1, 0.15) is 15.9 Å². The van der Waals surface area contributed by atoms with Crippen LogP contribution < -0.4 is 0 Å². The molecule has 0 unspecified atom stereocenters.